The Bertz CT molecular complexity index is 577. The fourth-order valence-corrected chi connectivity index (χ4v) is 4.10. The zero-order chi connectivity index (χ0) is 13.4. The van der Waals surface area contributed by atoms with Crippen LogP contribution in [-0.2, 0) is 14.3 Å². The first-order valence-corrected chi connectivity index (χ1v) is 6.69. The molecule has 19 heavy (non-hydrogen) atoms. The van der Waals surface area contributed by atoms with Gasteiger partial charge in [0.25, 0.3) is 0 Å². The Balaban J connectivity index is 1.86. The van der Waals surface area contributed by atoms with Gasteiger partial charge in [-0.05, 0) is 24.8 Å². The molecule has 1 saturated heterocycles. The van der Waals surface area contributed by atoms with Crippen molar-refractivity contribution in [2.45, 2.75) is 19.4 Å². The Kier molecular flexibility index (Phi) is 1.87. The van der Waals surface area contributed by atoms with Crippen molar-refractivity contribution < 1.29 is 14.3 Å². The summed E-state index contributed by atoms with van der Waals surface area (Å²) in [4.78, 5) is 24.3. The summed E-state index contributed by atoms with van der Waals surface area (Å²) in [5.41, 5.74) is 2.54. The van der Waals surface area contributed by atoms with Gasteiger partial charge in [0.05, 0.1) is 12.8 Å². The van der Waals surface area contributed by atoms with E-state index in [1.165, 1.54) is 7.11 Å². The normalized spacial score (nSPS) is 41.7. The van der Waals surface area contributed by atoms with Crippen LogP contribution < -0.4 is 10.6 Å². The van der Waals surface area contributed by atoms with E-state index in [1.54, 1.807) is 6.08 Å². The molecule has 4 rings (SSSR count). The largest absolute Gasteiger partial charge is 0.468 e. The van der Waals surface area contributed by atoms with E-state index in [4.69, 9.17) is 4.74 Å². The third-order valence-corrected chi connectivity index (χ3v) is 5.03. The van der Waals surface area contributed by atoms with Crippen LogP contribution in [0.1, 0.15) is 13.3 Å². The molecule has 0 aromatic rings. The first kappa shape index (κ1) is 11.1. The summed E-state index contributed by atoms with van der Waals surface area (Å²) in [5.74, 6) is -0.0754. The van der Waals surface area contributed by atoms with Crippen LogP contribution in [0.5, 0.6) is 0 Å². The highest BCUT2D eigenvalue weighted by atomic mass is 16.5. The molecule has 0 bridgehead atoms. The highest BCUT2D eigenvalue weighted by Crippen LogP contribution is 2.69. The maximum Gasteiger partial charge on any atom is 0.315 e. The lowest BCUT2D eigenvalue weighted by Gasteiger charge is -2.26. The molecule has 1 spiro atoms. The predicted octanol–water partition coefficient (Wildman–Crippen LogP) is 0.0975. The fraction of sp³-hybridized carbons (Fsp3) is 0.571. The fourth-order valence-electron chi connectivity index (χ4n) is 4.10. The Morgan fingerprint density at radius 3 is 3.00 bits per heavy atom. The second kappa shape index (κ2) is 3.21. The lowest BCUT2D eigenvalue weighted by atomic mass is 9.77. The van der Waals surface area contributed by atoms with Gasteiger partial charge < -0.3 is 15.4 Å². The minimum Gasteiger partial charge on any atom is -0.468 e. The maximum atomic E-state index is 12.2. The Labute approximate surface area is 111 Å². The van der Waals surface area contributed by atoms with Crippen LogP contribution in [0.2, 0.25) is 0 Å². The van der Waals surface area contributed by atoms with Crippen LogP contribution in [0.3, 0.4) is 0 Å². The summed E-state index contributed by atoms with van der Waals surface area (Å²) in [7, 11) is 1.41. The first-order chi connectivity index (χ1) is 9.09. The molecule has 2 fully saturated rings. The third kappa shape index (κ3) is 1.12. The molecule has 5 nitrogen and oxygen atoms in total. The van der Waals surface area contributed by atoms with E-state index in [2.05, 4.69) is 10.6 Å². The number of carbonyl (C=O) groups excluding carboxylic acids is 2. The highest BCUT2D eigenvalue weighted by Gasteiger charge is 2.68. The molecule has 0 aromatic carbocycles. The van der Waals surface area contributed by atoms with Gasteiger partial charge in [-0.25, -0.2) is 0 Å². The molecule has 2 aliphatic heterocycles. The van der Waals surface area contributed by atoms with Gasteiger partial charge in [0, 0.05) is 29.8 Å². The number of nitrogens with one attached hydrogen (secondary N) is 2. The number of rotatable bonds is 1. The van der Waals surface area contributed by atoms with E-state index in [1.807, 2.05) is 6.92 Å². The van der Waals surface area contributed by atoms with Gasteiger partial charge in [0.15, 0.2) is 0 Å². The number of hydrogen-bond donors (Lipinski definition) is 2. The first-order valence-electron chi connectivity index (χ1n) is 6.69. The van der Waals surface area contributed by atoms with E-state index < -0.39 is 0 Å². The lowest BCUT2D eigenvalue weighted by Crippen LogP contribution is -2.33. The zero-order valence-corrected chi connectivity index (χ0v) is 10.9. The van der Waals surface area contributed by atoms with Crippen molar-refractivity contribution in [3.63, 3.8) is 0 Å². The van der Waals surface area contributed by atoms with Crippen LogP contribution in [0.15, 0.2) is 23.0 Å². The van der Waals surface area contributed by atoms with Crippen molar-refractivity contribution in [2.75, 3.05) is 13.7 Å². The number of piperidine rings is 1. The van der Waals surface area contributed by atoms with Crippen molar-refractivity contribution in [1.82, 2.24) is 10.6 Å². The van der Waals surface area contributed by atoms with Gasteiger partial charge in [-0.2, -0.15) is 0 Å². The monoisotopic (exact) mass is 260 g/mol. The van der Waals surface area contributed by atoms with Crippen LogP contribution in [0.4, 0.5) is 0 Å². The average molecular weight is 260 g/mol. The van der Waals surface area contributed by atoms with E-state index in [0.29, 0.717) is 11.6 Å². The van der Waals surface area contributed by atoms with E-state index in [0.717, 1.165) is 24.2 Å². The van der Waals surface area contributed by atoms with Gasteiger partial charge >= 0.3 is 5.97 Å². The molecule has 5 heteroatoms. The topological polar surface area (TPSA) is 67.4 Å². The molecule has 2 N–H and O–H groups in total. The van der Waals surface area contributed by atoms with Gasteiger partial charge in [-0.3, -0.25) is 9.59 Å². The van der Waals surface area contributed by atoms with Crippen molar-refractivity contribution in [1.29, 1.82) is 0 Å². The molecule has 0 aromatic heterocycles. The van der Waals surface area contributed by atoms with Crippen LogP contribution in [0.25, 0.3) is 0 Å². The van der Waals surface area contributed by atoms with Crippen LogP contribution in [-0.4, -0.2) is 31.4 Å². The minimum absolute atomic E-state index is 0.0195. The van der Waals surface area contributed by atoms with E-state index in [-0.39, 0.29) is 29.1 Å². The minimum atomic E-state index is -0.336. The number of ketones is 1. The molecule has 1 saturated carbocycles. The summed E-state index contributed by atoms with van der Waals surface area (Å²) < 4.78 is 4.94. The predicted molar refractivity (Wildman–Crippen MR) is 66.8 cm³/mol. The Morgan fingerprint density at radius 2 is 2.32 bits per heavy atom. The Morgan fingerprint density at radius 1 is 1.53 bits per heavy atom. The molecule has 0 radical (unpaired) electrons. The quantitative estimate of drug-likeness (QED) is 0.654. The second-order valence-electron chi connectivity index (χ2n) is 5.90. The molecular formula is C14H16N2O3. The van der Waals surface area contributed by atoms with Gasteiger partial charge in [0.2, 0.25) is 5.78 Å². The van der Waals surface area contributed by atoms with E-state index >= 15 is 0 Å². The van der Waals surface area contributed by atoms with Crippen molar-refractivity contribution >= 4 is 11.8 Å². The summed E-state index contributed by atoms with van der Waals surface area (Å²) >= 11 is 0. The van der Waals surface area contributed by atoms with Gasteiger partial charge in [0.1, 0.15) is 5.92 Å². The lowest BCUT2D eigenvalue weighted by molar-refractivity contribution is -0.144. The zero-order valence-electron chi connectivity index (χ0n) is 10.9. The Hall–Kier alpha value is -1.78. The number of carbonyl (C=O) groups is 2. The standard InChI is InChI=1S/C14H16N2O3/c1-6-10(13(18)19-2)11-12(16-6)8(17)3-9-14(11)4-7(14)5-15-9/h3,6-7,10,15-16H,4-5H2,1-2H3/t6?,7-,10?,14+/m1/s1. The second-order valence-corrected chi connectivity index (χ2v) is 5.90. The molecule has 4 atom stereocenters. The summed E-state index contributed by atoms with van der Waals surface area (Å²) in [6.07, 6.45) is 2.74. The molecule has 4 aliphatic rings. The number of hydrogen-bond acceptors (Lipinski definition) is 5. The maximum absolute atomic E-state index is 12.2. The number of esters is 1. The summed E-state index contributed by atoms with van der Waals surface area (Å²) in [6, 6.07) is -0.0784. The van der Waals surface area contributed by atoms with Crippen LogP contribution in [0, 0.1) is 17.3 Å². The van der Waals surface area contributed by atoms with Gasteiger partial charge in [-0.15, -0.1) is 0 Å². The molecular weight excluding hydrogens is 244 g/mol. The van der Waals surface area contributed by atoms with Crippen molar-refractivity contribution in [3.8, 4) is 0 Å². The SMILES string of the molecule is COC(=O)C1C2=C(NC1C)C(=O)C=C1NC[C@H]3C[C@]123. The number of ether oxygens (including phenoxy) is 1. The van der Waals surface area contributed by atoms with Crippen molar-refractivity contribution in [2.24, 2.45) is 17.3 Å². The third-order valence-electron chi connectivity index (χ3n) is 5.03. The summed E-state index contributed by atoms with van der Waals surface area (Å²) in [5, 5.41) is 6.50. The van der Waals surface area contributed by atoms with Crippen molar-refractivity contribution in [3.05, 3.63) is 23.0 Å². The number of methoxy groups -OCH3 is 1. The summed E-state index contributed by atoms with van der Waals surface area (Å²) in [6.45, 7) is 2.83. The van der Waals surface area contributed by atoms with Gasteiger partial charge in [-0.1, -0.05) is 0 Å². The smallest absolute Gasteiger partial charge is 0.315 e. The van der Waals surface area contributed by atoms with E-state index in [9.17, 15) is 9.59 Å². The molecule has 2 heterocycles. The van der Waals surface area contributed by atoms with Crippen LogP contribution >= 0.6 is 0 Å². The molecule has 0 amide bonds. The molecule has 2 aliphatic carbocycles. The number of allylic oxidation sites excluding steroid dienone is 2. The highest BCUT2D eigenvalue weighted by molar-refractivity contribution is 6.08. The molecule has 2 unspecified atom stereocenters. The molecule has 100 valence electrons. The average Bonchev–Trinajstić information content (AvgIpc) is 2.83.